The molecule has 0 saturated heterocycles. The Balaban J connectivity index is 1.38. The molecule has 0 atom stereocenters. The van der Waals surface area contributed by atoms with Crippen LogP contribution < -0.4 is 15.0 Å². The molecule has 0 aliphatic rings. The number of hydrogen-bond donors (Lipinski definition) is 2. The zero-order valence-corrected chi connectivity index (χ0v) is 19.1. The highest BCUT2D eigenvalue weighted by Crippen LogP contribution is 2.29. The molecule has 6 nitrogen and oxygen atoms in total. The number of benzene rings is 3. The average Bonchev–Trinajstić information content (AvgIpc) is 3.31. The van der Waals surface area contributed by atoms with E-state index in [-0.39, 0.29) is 11.8 Å². The minimum absolute atomic E-state index is 0.162. The van der Waals surface area contributed by atoms with Crippen molar-refractivity contribution in [1.29, 1.82) is 0 Å². The molecule has 0 aliphatic carbocycles. The van der Waals surface area contributed by atoms with Gasteiger partial charge in [-0.1, -0.05) is 43.0 Å². The number of carbonyl (C=O) groups excluding carboxylic acids is 2. The number of amides is 2. The summed E-state index contributed by atoms with van der Waals surface area (Å²) in [6, 6.07) is 22.9. The van der Waals surface area contributed by atoms with Gasteiger partial charge in [0.05, 0.1) is 0 Å². The number of aromatic amines is 1. The van der Waals surface area contributed by atoms with Crippen molar-refractivity contribution in [2.24, 2.45) is 0 Å². The molecule has 1 heterocycles. The predicted molar refractivity (Wildman–Crippen MR) is 135 cm³/mol. The maximum atomic E-state index is 12.6. The van der Waals surface area contributed by atoms with E-state index in [2.05, 4.69) is 16.9 Å². The number of fused-ring (bicyclic) bond motifs is 1. The fourth-order valence-corrected chi connectivity index (χ4v) is 3.79. The molecule has 0 bridgehead atoms. The lowest BCUT2D eigenvalue weighted by atomic mass is 10.1. The van der Waals surface area contributed by atoms with Gasteiger partial charge in [-0.05, 0) is 60.0 Å². The molecule has 0 spiro atoms. The van der Waals surface area contributed by atoms with Crippen molar-refractivity contribution in [2.45, 2.75) is 13.0 Å². The van der Waals surface area contributed by atoms with Crippen molar-refractivity contribution in [3.05, 3.63) is 108 Å². The average molecular weight is 454 g/mol. The van der Waals surface area contributed by atoms with Gasteiger partial charge in [0.25, 0.3) is 5.91 Å². The Bertz CT molecular complexity index is 1290. The van der Waals surface area contributed by atoms with Crippen LogP contribution in [0.4, 0.5) is 5.69 Å². The Labute approximate surface area is 198 Å². The minimum atomic E-state index is -0.206. The van der Waals surface area contributed by atoms with E-state index in [4.69, 9.17) is 4.74 Å². The number of ether oxygens (including phenoxy) is 1. The summed E-state index contributed by atoms with van der Waals surface area (Å²) in [5.74, 6) is 0.449. The lowest BCUT2D eigenvalue weighted by Crippen LogP contribution is -2.26. The van der Waals surface area contributed by atoms with Crippen LogP contribution in [-0.2, 0) is 17.8 Å². The van der Waals surface area contributed by atoms with Gasteiger partial charge in [-0.3, -0.25) is 9.59 Å². The van der Waals surface area contributed by atoms with Gasteiger partial charge < -0.3 is 19.9 Å². The Morgan fingerprint density at radius 3 is 2.53 bits per heavy atom. The standard InChI is InChI=1S/C28H27N3O3/c1-3-26(32)31(2)23-14-12-21(13-15-23)28(33)29-17-16-22-18-30-24-10-7-11-25(27(22)24)34-19-20-8-5-4-6-9-20/h3-15,18,30H,1,16-17,19H2,2H3,(H,29,33). The van der Waals surface area contributed by atoms with Crippen LogP contribution in [0, 0.1) is 0 Å². The van der Waals surface area contributed by atoms with Gasteiger partial charge in [-0.25, -0.2) is 0 Å². The van der Waals surface area contributed by atoms with Crippen LogP contribution in [0.25, 0.3) is 10.9 Å². The topological polar surface area (TPSA) is 74.4 Å². The van der Waals surface area contributed by atoms with Crippen molar-refractivity contribution in [3.8, 4) is 5.75 Å². The van der Waals surface area contributed by atoms with E-state index in [0.717, 1.165) is 27.8 Å². The highest BCUT2D eigenvalue weighted by atomic mass is 16.5. The SMILES string of the molecule is C=CC(=O)N(C)c1ccc(C(=O)NCCc2c[nH]c3cccc(OCc4ccccc4)c23)cc1. The summed E-state index contributed by atoms with van der Waals surface area (Å²) in [5.41, 5.74) is 4.42. The van der Waals surface area contributed by atoms with E-state index in [1.807, 2.05) is 54.7 Å². The smallest absolute Gasteiger partial charge is 0.251 e. The minimum Gasteiger partial charge on any atom is -0.488 e. The van der Waals surface area contributed by atoms with Gasteiger partial charge in [-0.2, -0.15) is 0 Å². The summed E-state index contributed by atoms with van der Waals surface area (Å²) < 4.78 is 6.11. The molecule has 172 valence electrons. The van der Waals surface area contributed by atoms with Crippen molar-refractivity contribution in [1.82, 2.24) is 10.3 Å². The fraction of sp³-hybridized carbons (Fsp3) is 0.143. The number of nitrogens with one attached hydrogen (secondary N) is 2. The second-order valence-corrected chi connectivity index (χ2v) is 7.92. The second-order valence-electron chi connectivity index (χ2n) is 7.92. The third kappa shape index (κ3) is 5.18. The monoisotopic (exact) mass is 453 g/mol. The van der Waals surface area contributed by atoms with E-state index in [9.17, 15) is 9.59 Å². The number of likely N-dealkylation sites (N-methyl/N-ethyl adjacent to an activating group) is 1. The lowest BCUT2D eigenvalue weighted by Gasteiger charge is -2.15. The van der Waals surface area contributed by atoms with Crippen molar-refractivity contribution >= 4 is 28.4 Å². The van der Waals surface area contributed by atoms with E-state index in [0.29, 0.717) is 30.8 Å². The summed E-state index contributed by atoms with van der Waals surface area (Å²) in [4.78, 5) is 29.1. The summed E-state index contributed by atoms with van der Waals surface area (Å²) in [5, 5.41) is 4.01. The normalized spacial score (nSPS) is 10.6. The van der Waals surface area contributed by atoms with Crippen LogP contribution in [0.1, 0.15) is 21.5 Å². The Morgan fingerprint density at radius 1 is 1.03 bits per heavy atom. The van der Waals surface area contributed by atoms with E-state index < -0.39 is 0 Å². The first-order valence-electron chi connectivity index (χ1n) is 11.1. The first-order chi connectivity index (χ1) is 16.6. The molecule has 0 saturated carbocycles. The number of hydrogen-bond acceptors (Lipinski definition) is 3. The molecule has 2 amide bonds. The number of carbonyl (C=O) groups is 2. The zero-order chi connectivity index (χ0) is 23.9. The number of H-pyrrole nitrogens is 1. The maximum absolute atomic E-state index is 12.6. The van der Waals surface area contributed by atoms with Crippen LogP contribution >= 0.6 is 0 Å². The molecular formula is C28H27N3O3. The third-order valence-electron chi connectivity index (χ3n) is 5.69. The molecule has 1 aromatic heterocycles. The van der Waals surface area contributed by atoms with Gasteiger partial charge in [0.15, 0.2) is 0 Å². The largest absolute Gasteiger partial charge is 0.488 e. The van der Waals surface area contributed by atoms with Crippen LogP contribution in [0.5, 0.6) is 5.75 Å². The first kappa shape index (κ1) is 22.9. The molecular weight excluding hydrogens is 426 g/mol. The molecule has 2 N–H and O–H groups in total. The molecule has 0 fully saturated rings. The van der Waals surface area contributed by atoms with Gasteiger partial charge in [0.1, 0.15) is 12.4 Å². The van der Waals surface area contributed by atoms with E-state index in [1.54, 1.807) is 31.3 Å². The Kier molecular flexibility index (Phi) is 7.08. The highest BCUT2D eigenvalue weighted by Gasteiger charge is 2.12. The van der Waals surface area contributed by atoms with Crippen LogP contribution in [0.3, 0.4) is 0 Å². The Morgan fingerprint density at radius 2 is 1.79 bits per heavy atom. The molecule has 0 radical (unpaired) electrons. The highest BCUT2D eigenvalue weighted by molar-refractivity contribution is 6.01. The van der Waals surface area contributed by atoms with Crippen LogP contribution in [0.2, 0.25) is 0 Å². The van der Waals surface area contributed by atoms with Crippen molar-refractivity contribution in [2.75, 3.05) is 18.5 Å². The van der Waals surface area contributed by atoms with Crippen molar-refractivity contribution in [3.63, 3.8) is 0 Å². The van der Waals surface area contributed by atoms with Gasteiger partial charge in [-0.15, -0.1) is 0 Å². The number of aromatic nitrogens is 1. The first-order valence-corrected chi connectivity index (χ1v) is 11.1. The molecule has 0 aliphatic heterocycles. The van der Waals surface area contributed by atoms with Gasteiger partial charge in [0, 0.05) is 41.9 Å². The second kappa shape index (κ2) is 10.5. The third-order valence-corrected chi connectivity index (χ3v) is 5.69. The molecule has 6 heteroatoms. The number of nitrogens with zero attached hydrogens (tertiary/aromatic N) is 1. The maximum Gasteiger partial charge on any atom is 0.251 e. The summed E-state index contributed by atoms with van der Waals surface area (Å²) in [6.45, 7) is 4.46. The number of rotatable bonds is 9. The van der Waals surface area contributed by atoms with Crippen LogP contribution in [0.15, 0.2) is 91.6 Å². The Hall–Kier alpha value is -4.32. The summed E-state index contributed by atoms with van der Waals surface area (Å²) in [6.07, 6.45) is 3.88. The lowest BCUT2D eigenvalue weighted by molar-refractivity contribution is -0.113. The summed E-state index contributed by atoms with van der Waals surface area (Å²) in [7, 11) is 1.66. The molecule has 34 heavy (non-hydrogen) atoms. The number of anilines is 1. The van der Waals surface area contributed by atoms with Gasteiger partial charge >= 0.3 is 0 Å². The molecule has 3 aromatic carbocycles. The molecule has 4 rings (SSSR count). The van der Waals surface area contributed by atoms with E-state index in [1.165, 1.54) is 11.0 Å². The predicted octanol–water partition coefficient (Wildman–Crippen LogP) is 4.87. The quantitative estimate of drug-likeness (QED) is 0.355. The molecule has 4 aromatic rings. The fourth-order valence-electron chi connectivity index (χ4n) is 3.79. The zero-order valence-electron chi connectivity index (χ0n) is 19.1. The molecule has 0 unspecified atom stereocenters. The van der Waals surface area contributed by atoms with Gasteiger partial charge in [0.2, 0.25) is 5.91 Å². The summed E-state index contributed by atoms with van der Waals surface area (Å²) >= 11 is 0. The van der Waals surface area contributed by atoms with Crippen molar-refractivity contribution < 1.29 is 14.3 Å². The van der Waals surface area contributed by atoms with E-state index >= 15 is 0 Å². The van der Waals surface area contributed by atoms with Crippen LogP contribution in [-0.4, -0.2) is 30.4 Å².